The smallest absolute Gasteiger partial charge is 0.358 e. The van der Waals surface area contributed by atoms with E-state index in [-0.39, 0.29) is 5.69 Å². The van der Waals surface area contributed by atoms with E-state index in [1.54, 1.807) is 4.68 Å². The van der Waals surface area contributed by atoms with Crippen molar-refractivity contribution in [2.24, 2.45) is 0 Å². The Morgan fingerprint density at radius 2 is 2.23 bits per heavy atom. The number of rotatable bonds is 3. The molecule has 72 valence electrons. The molecule has 1 heterocycles. The van der Waals surface area contributed by atoms with Crippen LogP contribution in [0.4, 0.5) is 0 Å². The van der Waals surface area contributed by atoms with Gasteiger partial charge in [-0.25, -0.2) is 4.79 Å². The first kappa shape index (κ1) is 9.91. The monoisotopic (exact) mass is 199 g/mol. The number of aromatic carboxylic acids is 1. The minimum Gasteiger partial charge on any atom is -0.476 e. The summed E-state index contributed by atoms with van der Waals surface area (Å²) in [6.07, 6.45) is 2.27. The molecule has 0 aliphatic rings. The maximum atomic E-state index is 10.5. The van der Waals surface area contributed by atoms with Crippen LogP contribution >= 0.6 is 0 Å². The van der Waals surface area contributed by atoms with Gasteiger partial charge in [0.15, 0.2) is 5.69 Å². The number of carboxylic acids is 1. The zero-order chi connectivity index (χ0) is 10.1. The molecule has 0 fully saturated rings. The molecule has 1 N–H and O–H groups in total. The molecular weight excluding hydrogens is 186 g/mol. The van der Waals surface area contributed by atoms with Crippen LogP contribution in [0.25, 0.3) is 0 Å². The maximum Gasteiger partial charge on any atom is 0.358 e. The molecule has 1 rings (SSSR count). The van der Waals surface area contributed by atoms with Crippen LogP contribution in [0.3, 0.4) is 0 Å². The predicted octanol–water partition coefficient (Wildman–Crippen LogP) is 0.854. The van der Waals surface area contributed by atoms with Crippen molar-refractivity contribution in [3.05, 3.63) is 11.9 Å². The van der Waals surface area contributed by atoms with E-state index in [9.17, 15) is 4.79 Å². The van der Waals surface area contributed by atoms with E-state index in [2.05, 4.69) is 30.0 Å². The summed E-state index contributed by atoms with van der Waals surface area (Å²) in [5.74, 6) is -1.03. The molecule has 0 unspecified atom stereocenters. The summed E-state index contributed by atoms with van der Waals surface area (Å²) >= 11 is 0. The third-order valence-corrected chi connectivity index (χ3v) is 2.67. The lowest BCUT2D eigenvalue weighted by molar-refractivity contribution is 0.0690. The number of carbonyl (C=O) groups is 1. The molecule has 6 heteroatoms. The molecule has 0 atom stereocenters. The third kappa shape index (κ3) is 2.98. The van der Waals surface area contributed by atoms with Gasteiger partial charge in [-0.05, 0) is 0 Å². The highest BCUT2D eigenvalue weighted by atomic mass is 28.3. The summed E-state index contributed by atoms with van der Waals surface area (Å²) in [5.41, 5.74) is 0.0123. The number of hydrogen-bond donors (Lipinski definition) is 1. The topological polar surface area (TPSA) is 68.0 Å². The van der Waals surface area contributed by atoms with Gasteiger partial charge < -0.3 is 5.11 Å². The summed E-state index contributed by atoms with van der Waals surface area (Å²) in [4.78, 5) is 10.5. The van der Waals surface area contributed by atoms with Crippen LogP contribution in [0.5, 0.6) is 0 Å². The van der Waals surface area contributed by atoms with Gasteiger partial charge in [-0.1, -0.05) is 24.9 Å². The van der Waals surface area contributed by atoms with Gasteiger partial charge in [-0.2, -0.15) is 0 Å². The van der Waals surface area contributed by atoms with E-state index >= 15 is 0 Å². The summed E-state index contributed by atoms with van der Waals surface area (Å²) in [6.45, 7) is 6.57. The summed E-state index contributed by atoms with van der Waals surface area (Å²) in [6, 6.07) is 0. The van der Waals surface area contributed by atoms with E-state index in [0.29, 0.717) is 0 Å². The Balaban J connectivity index is 2.75. The van der Waals surface area contributed by atoms with Gasteiger partial charge in [-0.3, -0.25) is 4.68 Å². The lowest BCUT2D eigenvalue weighted by Gasteiger charge is -2.14. The Morgan fingerprint density at radius 1 is 1.62 bits per heavy atom. The van der Waals surface area contributed by atoms with Crippen molar-refractivity contribution in [1.29, 1.82) is 0 Å². The maximum absolute atomic E-state index is 10.5. The van der Waals surface area contributed by atoms with E-state index in [4.69, 9.17) is 5.11 Å². The molecule has 0 saturated carbocycles. The zero-order valence-electron chi connectivity index (χ0n) is 7.98. The fourth-order valence-corrected chi connectivity index (χ4v) is 2.09. The third-order valence-electron chi connectivity index (χ3n) is 1.39. The van der Waals surface area contributed by atoms with Crippen LogP contribution in [0, 0.1) is 0 Å². The number of hydrogen-bond acceptors (Lipinski definition) is 3. The first-order chi connectivity index (χ1) is 5.88. The Morgan fingerprint density at radius 3 is 2.62 bits per heavy atom. The molecular formula is C7H13N3O2Si. The minimum atomic E-state index is -1.25. The highest BCUT2D eigenvalue weighted by molar-refractivity contribution is 6.74. The van der Waals surface area contributed by atoms with Crippen LogP contribution in [0.1, 0.15) is 10.5 Å². The van der Waals surface area contributed by atoms with Gasteiger partial charge in [0.05, 0.1) is 14.3 Å². The Hall–Kier alpha value is -1.17. The van der Waals surface area contributed by atoms with Gasteiger partial charge in [-0.15, -0.1) is 5.10 Å². The Bertz CT molecular complexity index is 316. The first-order valence-electron chi connectivity index (χ1n) is 4.02. The van der Waals surface area contributed by atoms with Crippen molar-refractivity contribution in [2.45, 2.75) is 25.8 Å². The SMILES string of the molecule is C[Si](C)(C)Cn1cc(C(=O)O)nn1. The van der Waals surface area contributed by atoms with Gasteiger partial charge >= 0.3 is 5.97 Å². The molecule has 0 bridgehead atoms. The van der Waals surface area contributed by atoms with Crippen molar-refractivity contribution in [3.63, 3.8) is 0 Å². The molecule has 13 heavy (non-hydrogen) atoms. The highest BCUT2D eigenvalue weighted by Gasteiger charge is 2.16. The molecule has 0 spiro atoms. The molecule has 0 amide bonds. The van der Waals surface area contributed by atoms with Crippen molar-refractivity contribution >= 4 is 14.0 Å². The lowest BCUT2D eigenvalue weighted by Crippen LogP contribution is -2.28. The fraction of sp³-hybridized carbons (Fsp3) is 0.571. The second-order valence-electron chi connectivity index (χ2n) is 4.17. The van der Waals surface area contributed by atoms with Crippen molar-refractivity contribution in [2.75, 3.05) is 0 Å². The Labute approximate surface area is 77.4 Å². The van der Waals surface area contributed by atoms with Gasteiger partial charge in [0, 0.05) is 6.17 Å². The second kappa shape index (κ2) is 3.29. The van der Waals surface area contributed by atoms with Crippen LogP contribution in [-0.4, -0.2) is 34.1 Å². The summed E-state index contributed by atoms with van der Waals surface area (Å²) in [7, 11) is -1.25. The summed E-state index contributed by atoms with van der Waals surface area (Å²) in [5, 5.41) is 15.9. The molecule has 1 aromatic rings. The van der Waals surface area contributed by atoms with Gasteiger partial charge in [0.25, 0.3) is 0 Å². The zero-order valence-corrected chi connectivity index (χ0v) is 8.98. The first-order valence-corrected chi connectivity index (χ1v) is 7.73. The van der Waals surface area contributed by atoms with Gasteiger partial charge in [0.1, 0.15) is 0 Å². The molecule has 0 saturated heterocycles. The Kier molecular flexibility index (Phi) is 2.51. The van der Waals surface area contributed by atoms with E-state index in [0.717, 1.165) is 6.17 Å². The minimum absolute atomic E-state index is 0.0123. The molecule has 0 aliphatic carbocycles. The van der Waals surface area contributed by atoms with E-state index < -0.39 is 14.0 Å². The van der Waals surface area contributed by atoms with E-state index in [1.165, 1.54) is 6.20 Å². The normalized spacial score (nSPS) is 11.6. The molecule has 0 radical (unpaired) electrons. The summed E-state index contributed by atoms with van der Waals surface area (Å²) < 4.78 is 1.61. The predicted molar refractivity (Wildman–Crippen MR) is 50.3 cm³/mol. The average Bonchev–Trinajstić information content (AvgIpc) is 2.31. The van der Waals surface area contributed by atoms with Crippen LogP contribution in [0.15, 0.2) is 6.20 Å². The van der Waals surface area contributed by atoms with Crippen molar-refractivity contribution in [3.8, 4) is 0 Å². The van der Waals surface area contributed by atoms with Crippen LogP contribution in [0.2, 0.25) is 19.6 Å². The molecule has 0 aromatic carbocycles. The number of carboxylic acid groups (broad SMARTS) is 1. The molecule has 1 aromatic heterocycles. The van der Waals surface area contributed by atoms with E-state index in [1.807, 2.05) is 0 Å². The number of nitrogens with zero attached hydrogens (tertiary/aromatic N) is 3. The second-order valence-corrected chi connectivity index (χ2v) is 9.60. The fourth-order valence-electron chi connectivity index (χ4n) is 0.960. The van der Waals surface area contributed by atoms with Crippen molar-refractivity contribution in [1.82, 2.24) is 15.0 Å². The highest BCUT2D eigenvalue weighted by Crippen LogP contribution is 2.04. The lowest BCUT2D eigenvalue weighted by atomic mass is 10.5. The molecule has 5 nitrogen and oxygen atoms in total. The quantitative estimate of drug-likeness (QED) is 0.733. The van der Waals surface area contributed by atoms with Crippen molar-refractivity contribution < 1.29 is 9.90 Å². The van der Waals surface area contributed by atoms with Crippen LogP contribution < -0.4 is 0 Å². The standard InChI is InChI=1S/C7H13N3O2Si/c1-13(2,3)5-10-4-6(7(11)12)8-9-10/h4H,5H2,1-3H3,(H,11,12). The van der Waals surface area contributed by atoms with Gasteiger partial charge in [0.2, 0.25) is 0 Å². The van der Waals surface area contributed by atoms with Crippen LogP contribution in [-0.2, 0) is 6.17 Å². The molecule has 0 aliphatic heterocycles. The largest absolute Gasteiger partial charge is 0.476 e. The number of aromatic nitrogens is 3. The average molecular weight is 199 g/mol.